The number of carboxylic acids is 1. The molecule has 0 aromatic rings. The number of urea groups is 2. The SMILES string of the molecule is CCCCCN(C)C(=O)N(C)CCCC/C=C\CCCCCCC(=O)NCC(=O)O.CCCCCN(C)C(=O)N(C)CCCC/C=C\CCCCCCC(=O)NCC(=O)OC. The van der Waals surface area contributed by atoms with Crippen molar-refractivity contribution < 1.29 is 38.6 Å². The van der Waals surface area contributed by atoms with E-state index >= 15 is 0 Å². The highest BCUT2D eigenvalue weighted by atomic mass is 16.5. The molecule has 14 heteroatoms. The normalized spacial score (nSPS) is 10.9. The predicted molar refractivity (Wildman–Crippen MR) is 247 cm³/mol. The predicted octanol–water partition coefficient (Wildman–Crippen LogP) is 8.94. The van der Waals surface area contributed by atoms with E-state index in [4.69, 9.17) is 5.11 Å². The molecule has 0 radical (unpaired) electrons. The number of carbonyl (C=O) groups excluding carboxylic acids is 5. The van der Waals surface area contributed by atoms with Crippen molar-refractivity contribution in [2.24, 2.45) is 0 Å². The topological polar surface area (TPSA) is 169 Å². The van der Waals surface area contributed by atoms with Gasteiger partial charge in [-0.3, -0.25) is 19.2 Å². The van der Waals surface area contributed by atoms with Crippen LogP contribution in [0.4, 0.5) is 9.59 Å². The number of hydrogen-bond donors (Lipinski definition) is 3. The van der Waals surface area contributed by atoms with Crippen molar-refractivity contribution in [1.29, 1.82) is 0 Å². The Hall–Kier alpha value is -4.10. The molecule has 0 spiro atoms. The van der Waals surface area contributed by atoms with Crippen LogP contribution < -0.4 is 10.6 Å². The first-order valence-corrected chi connectivity index (χ1v) is 23.3. The maximum absolute atomic E-state index is 12.3. The minimum atomic E-state index is -1.01. The van der Waals surface area contributed by atoms with Crippen LogP contribution in [0.15, 0.2) is 24.3 Å². The molecule has 354 valence electrons. The van der Waals surface area contributed by atoms with Gasteiger partial charge in [-0.15, -0.1) is 0 Å². The molecule has 0 atom stereocenters. The maximum atomic E-state index is 12.3. The fourth-order valence-electron chi connectivity index (χ4n) is 6.25. The molecule has 14 nitrogen and oxygen atoms in total. The Labute approximate surface area is 370 Å². The van der Waals surface area contributed by atoms with Gasteiger partial charge in [0.25, 0.3) is 0 Å². The lowest BCUT2D eigenvalue weighted by Crippen LogP contribution is -2.39. The second-order valence-electron chi connectivity index (χ2n) is 16.0. The largest absolute Gasteiger partial charge is 0.480 e. The van der Waals surface area contributed by atoms with E-state index in [0.29, 0.717) is 12.8 Å². The van der Waals surface area contributed by atoms with E-state index in [1.54, 1.807) is 0 Å². The van der Waals surface area contributed by atoms with Gasteiger partial charge in [0.15, 0.2) is 0 Å². The van der Waals surface area contributed by atoms with Crippen molar-refractivity contribution in [3.05, 3.63) is 24.3 Å². The van der Waals surface area contributed by atoms with Crippen LogP contribution in [-0.4, -0.2) is 135 Å². The average molecular weight is 865 g/mol. The van der Waals surface area contributed by atoms with Crippen LogP contribution in [0.25, 0.3) is 0 Å². The summed E-state index contributed by atoms with van der Waals surface area (Å²) < 4.78 is 4.48. The van der Waals surface area contributed by atoms with Gasteiger partial charge in [0.2, 0.25) is 11.8 Å². The molecule has 0 saturated carbocycles. The van der Waals surface area contributed by atoms with Gasteiger partial charge in [0.05, 0.1) is 7.11 Å². The Morgan fingerprint density at radius 2 is 0.770 bits per heavy atom. The molecule has 61 heavy (non-hydrogen) atoms. The molecule has 0 aliphatic carbocycles. The first-order valence-electron chi connectivity index (χ1n) is 23.3. The Balaban J connectivity index is 0. The highest BCUT2D eigenvalue weighted by Crippen LogP contribution is 2.10. The first-order chi connectivity index (χ1) is 29.3. The van der Waals surface area contributed by atoms with Crippen molar-refractivity contribution in [2.75, 3.05) is 74.6 Å². The summed E-state index contributed by atoms with van der Waals surface area (Å²) in [6.07, 6.45) is 33.1. The zero-order valence-corrected chi connectivity index (χ0v) is 39.6. The Morgan fingerprint density at radius 1 is 0.459 bits per heavy atom. The number of rotatable bonds is 36. The van der Waals surface area contributed by atoms with Gasteiger partial charge < -0.3 is 40.1 Å². The second-order valence-corrected chi connectivity index (χ2v) is 16.0. The molecule has 0 aromatic heterocycles. The fraction of sp³-hybridized carbons (Fsp3) is 0.787. The number of carboxylic acid groups (broad SMARTS) is 1. The number of hydrogen-bond acceptors (Lipinski definition) is 7. The molecule has 0 bridgehead atoms. The van der Waals surface area contributed by atoms with E-state index in [9.17, 15) is 28.8 Å². The lowest BCUT2D eigenvalue weighted by molar-refractivity contribution is -0.141. The molecule has 0 saturated heterocycles. The summed E-state index contributed by atoms with van der Waals surface area (Å²) in [7, 11) is 8.84. The van der Waals surface area contributed by atoms with Gasteiger partial charge in [0, 0.05) is 67.2 Å². The Bertz CT molecular complexity index is 1210. The summed E-state index contributed by atoms with van der Waals surface area (Å²) in [6, 6.07) is 0.230. The third-order valence-electron chi connectivity index (χ3n) is 10.2. The van der Waals surface area contributed by atoms with Crippen molar-refractivity contribution in [2.45, 2.75) is 168 Å². The van der Waals surface area contributed by atoms with Crippen LogP contribution in [0.2, 0.25) is 0 Å². The zero-order chi connectivity index (χ0) is 45.9. The van der Waals surface area contributed by atoms with Crippen LogP contribution in [0.3, 0.4) is 0 Å². The third-order valence-corrected chi connectivity index (χ3v) is 10.2. The molecular formula is C47H88N6O8. The van der Waals surface area contributed by atoms with Crippen LogP contribution in [0, 0.1) is 0 Å². The summed E-state index contributed by atoms with van der Waals surface area (Å²) in [5.41, 5.74) is 0. The number of carbonyl (C=O) groups is 6. The molecule has 6 amide bonds. The summed E-state index contributed by atoms with van der Waals surface area (Å²) in [6.45, 7) is 7.25. The Kier molecular flexibility index (Phi) is 41.2. The number of nitrogens with zero attached hydrogens (tertiary/aromatic N) is 4. The maximum Gasteiger partial charge on any atom is 0.325 e. The van der Waals surface area contributed by atoms with E-state index < -0.39 is 11.9 Å². The second kappa shape index (κ2) is 42.6. The van der Waals surface area contributed by atoms with Gasteiger partial charge in [-0.25, -0.2) is 9.59 Å². The summed E-state index contributed by atoms with van der Waals surface area (Å²) in [5, 5.41) is 13.4. The van der Waals surface area contributed by atoms with Crippen LogP contribution in [-0.2, 0) is 23.9 Å². The van der Waals surface area contributed by atoms with E-state index in [1.165, 1.54) is 32.8 Å². The van der Waals surface area contributed by atoms with E-state index in [0.717, 1.165) is 142 Å². The third kappa shape index (κ3) is 39.8. The lowest BCUT2D eigenvalue weighted by Gasteiger charge is -2.24. The highest BCUT2D eigenvalue weighted by Gasteiger charge is 2.14. The van der Waals surface area contributed by atoms with Crippen molar-refractivity contribution in [3.8, 4) is 0 Å². The quantitative estimate of drug-likeness (QED) is 0.0319. The average Bonchev–Trinajstić information content (AvgIpc) is 3.24. The number of nitrogens with one attached hydrogen (secondary N) is 2. The van der Waals surface area contributed by atoms with Gasteiger partial charge in [-0.05, 0) is 89.9 Å². The molecule has 0 rings (SSSR count). The van der Waals surface area contributed by atoms with Crippen molar-refractivity contribution in [3.63, 3.8) is 0 Å². The molecule has 0 unspecified atom stereocenters. The van der Waals surface area contributed by atoms with E-state index in [-0.39, 0.29) is 37.0 Å². The molecule has 3 N–H and O–H groups in total. The smallest absolute Gasteiger partial charge is 0.325 e. The minimum absolute atomic E-state index is 0.0528. The number of allylic oxidation sites excluding steroid dienone is 4. The van der Waals surface area contributed by atoms with E-state index in [1.807, 2.05) is 47.8 Å². The number of methoxy groups -OCH3 is 1. The Morgan fingerprint density at radius 3 is 1.10 bits per heavy atom. The lowest BCUT2D eigenvalue weighted by atomic mass is 10.1. The van der Waals surface area contributed by atoms with Gasteiger partial charge in [-0.2, -0.15) is 0 Å². The van der Waals surface area contributed by atoms with Crippen LogP contribution in [0.1, 0.15) is 168 Å². The standard InChI is InChI=1S/C24H45N3O4.C23H43N3O4/c1-5-6-16-19-26(2)24(30)27(3)20-17-14-12-10-8-7-9-11-13-15-18-22(28)25-21-23(29)31-4;1-4-5-15-18-25(2)23(30)26(3)19-16-13-11-9-7-6-8-10-12-14-17-21(27)24-20-22(28)29/h8,10H,5-7,9,11-21H2,1-4H3,(H,25,28);7,9H,4-6,8,10-20H2,1-3H3,(H,24,27)(H,28,29)/b10-8-;9-7-. The van der Waals surface area contributed by atoms with Gasteiger partial charge >= 0.3 is 24.0 Å². The summed E-state index contributed by atoms with van der Waals surface area (Å²) in [4.78, 5) is 76.0. The number of aliphatic carboxylic acids is 1. The minimum Gasteiger partial charge on any atom is -0.480 e. The number of ether oxygens (including phenoxy) is 1. The van der Waals surface area contributed by atoms with Crippen molar-refractivity contribution in [1.82, 2.24) is 30.2 Å². The molecule has 0 heterocycles. The fourth-order valence-corrected chi connectivity index (χ4v) is 6.25. The number of esters is 1. The molecule has 0 aromatic carbocycles. The summed E-state index contributed by atoms with van der Waals surface area (Å²) >= 11 is 0. The monoisotopic (exact) mass is 865 g/mol. The van der Waals surface area contributed by atoms with Gasteiger partial charge in [-0.1, -0.05) is 89.5 Å². The number of amides is 6. The van der Waals surface area contributed by atoms with Crippen LogP contribution in [0.5, 0.6) is 0 Å². The van der Waals surface area contributed by atoms with Crippen molar-refractivity contribution >= 4 is 35.8 Å². The van der Waals surface area contributed by atoms with Gasteiger partial charge in [0.1, 0.15) is 13.1 Å². The first kappa shape index (κ1) is 59.0. The number of unbranched alkanes of at least 4 members (excludes halogenated alkanes) is 16. The molecular weight excluding hydrogens is 777 g/mol. The van der Waals surface area contributed by atoms with Crippen LogP contribution >= 0.6 is 0 Å². The highest BCUT2D eigenvalue weighted by molar-refractivity contribution is 5.82. The molecule has 0 fully saturated rings. The molecule has 0 aliphatic rings. The molecule has 0 aliphatic heterocycles. The summed E-state index contributed by atoms with van der Waals surface area (Å²) in [5.74, 6) is -1.72. The zero-order valence-electron chi connectivity index (χ0n) is 39.6. The van der Waals surface area contributed by atoms with E-state index in [2.05, 4.69) is 53.5 Å².